The molecule has 2 saturated heterocycles. The number of nitrogen functional groups attached to an aromatic ring is 1. The molecule has 6 atom stereocenters. The van der Waals surface area contributed by atoms with Crippen molar-refractivity contribution in [2.45, 2.75) is 179 Å². The molecule has 0 aliphatic carbocycles. The highest BCUT2D eigenvalue weighted by Crippen LogP contribution is 2.52. The Bertz CT molecular complexity index is 1940. The summed E-state index contributed by atoms with van der Waals surface area (Å²) in [6.45, 7) is 4.90. The number of ether oxygens (including phenoxy) is 4. The van der Waals surface area contributed by atoms with Crippen LogP contribution in [0.4, 0.5) is 5.82 Å². The van der Waals surface area contributed by atoms with Crippen LogP contribution >= 0.6 is 19.4 Å². The van der Waals surface area contributed by atoms with E-state index in [-0.39, 0.29) is 19.0 Å². The van der Waals surface area contributed by atoms with Gasteiger partial charge in [-0.15, -0.1) is 0 Å². The number of nitrogens with two attached hydrogens (primary N) is 1. The zero-order chi connectivity index (χ0) is 43.0. The topological polar surface area (TPSA) is 196 Å². The molecule has 2 fully saturated rings. The van der Waals surface area contributed by atoms with Gasteiger partial charge in [-0.1, -0.05) is 128 Å². The maximum atomic E-state index is 13.4. The molecule has 3 aromatic rings. The van der Waals surface area contributed by atoms with Crippen LogP contribution in [-0.2, 0) is 39.2 Å². The summed E-state index contributed by atoms with van der Waals surface area (Å²) < 4.78 is 50.9. The van der Waals surface area contributed by atoms with Crippen molar-refractivity contribution < 1.29 is 37.5 Å². The number of nitrogens with zero attached hydrogens (tertiary/aromatic N) is 5. The van der Waals surface area contributed by atoms with Gasteiger partial charge in [0.2, 0.25) is 5.60 Å². The molecule has 0 saturated carbocycles. The molecule has 16 heteroatoms. The average molecular weight is 871 g/mol. The van der Waals surface area contributed by atoms with Crippen LogP contribution < -0.4 is 5.73 Å². The minimum absolute atomic E-state index is 0.118. The van der Waals surface area contributed by atoms with Crippen molar-refractivity contribution in [1.82, 2.24) is 14.6 Å². The highest BCUT2D eigenvalue weighted by atomic mass is 35.5. The first-order valence-corrected chi connectivity index (χ1v) is 23.7. The number of halogens is 1. The van der Waals surface area contributed by atoms with Gasteiger partial charge in [0.25, 0.3) is 0 Å². The molecule has 330 valence electrons. The van der Waals surface area contributed by atoms with Gasteiger partial charge in [0.15, 0.2) is 11.6 Å². The summed E-state index contributed by atoms with van der Waals surface area (Å²) in [6, 6.07) is 12.7. The van der Waals surface area contributed by atoms with Crippen LogP contribution in [0.1, 0.15) is 159 Å². The largest absolute Gasteiger partial charge is 0.472 e. The first-order valence-electron chi connectivity index (χ1n) is 21.8. The molecule has 14 nitrogen and oxygen atoms in total. The summed E-state index contributed by atoms with van der Waals surface area (Å²) >= 11 is 6.23. The monoisotopic (exact) mass is 870 g/mol. The van der Waals surface area contributed by atoms with E-state index in [0.29, 0.717) is 33.8 Å². The lowest BCUT2D eigenvalue weighted by Crippen LogP contribution is -2.45. The molecule has 5 rings (SSSR count). The quantitative estimate of drug-likeness (QED) is 0.0517. The number of aromatic nitrogens is 3. The molecule has 2 unspecified atom stereocenters. The Hall–Kier alpha value is -3.14. The van der Waals surface area contributed by atoms with Gasteiger partial charge in [-0.25, -0.2) is 14.1 Å². The highest BCUT2D eigenvalue weighted by Gasteiger charge is 2.65. The third-order valence-electron chi connectivity index (χ3n) is 11.3. The molecular formula is C44H64ClN6O8P. The van der Waals surface area contributed by atoms with Crippen LogP contribution in [0, 0.1) is 22.7 Å². The molecule has 0 spiro atoms. The molecule has 0 bridgehead atoms. The molecule has 2 aliphatic heterocycles. The van der Waals surface area contributed by atoms with E-state index in [4.69, 9.17) is 45.3 Å². The number of anilines is 1. The SMILES string of the molecule is CCCCCCCCCCCCCCCCCCC[C@H](COP(=O)(O)OC[C@@]1(C#N)OC(c2ccc3c(N)ncnn23)[C@@H]2OC(C)(C)O[C@@H]21)OCc1cc(Cl)cc(C#N)c1. The molecule has 2 aliphatic rings. The van der Waals surface area contributed by atoms with Crippen molar-refractivity contribution >= 4 is 30.8 Å². The van der Waals surface area contributed by atoms with Crippen LogP contribution in [0.25, 0.3) is 5.52 Å². The molecule has 0 radical (unpaired) electrons. The zero-order valence-corrected chi connectivity index (χ0v) is 37.2. The number of fused-ring (bicyclic) bond motifs is 2. The number of phosphoric ester groups is 1. The molecule has 2 aromatic heterocycles. The highest BCUT2D eigenvalue weighted by molar-refractivity contribution is 7.47. The van der Waals surface area contributed by atoms with E-state index in [9.17, 15) is 20.0 Å². The lowest BCUT2D eigenvalue weighted by Gasteiger charge is -2.29. The van der Waals surface area contributed by atoms with Gasteiger partial charge in [0, 0.05) is 5.02 Å². The summed E-state index contributed by atoms with van der Waals surface area (Å²) in [6.07, 6.45) is 20.1. The summed E-state index contributed by atoms with van der Waals surface area (Å²) in [5.41, 5.74) is 6.38. The minimum Gasteiger partial charge on any atom is -0.382 e. The Kier molecular flexibility index (Phi) is 18.6. The summed E-state index contributed by atoms with van der Waals surface area (Å²) in [5, 5.41) is 24.7. The lowest BCUT2D eigenvalue weighted by atomic mass is 9.96. The zero-order valence-electron chi connectivity index (χ0n) is 35.6. The Morgan fingerprint density at radius 3 is 2.17 bits per heavy atom. The fourth-order valence-electron chi connectivity index (χ4n) is 8.10. The molecule has 1 aromatic carbocycles. The summed E-state index contributed by atoms with van der Waals surface area (Å²) in [4.78, 5) is 15.0. The van der Waals surface area contributed by atoms with Crippen LogP contribution in [0.3, 0.4) is 0 Å². The van der Waals surface area contributed by atoms with Crippen LogP contribution in [0.2, 0.25) is 5.02 Å². The Balaban J connectivity index is 1.10. The van der Waals surface area contributed by atoms with Gasteiger partial charge in [-0.2, -0.15) is 15.6 Å². The Morgan fingerprint density at radius 1 is 0.917 bits per heavy atom. The first-order chi connectivity index (χ1) is 28.9. The molecule has 0 amide bonds. The third kappa shape index (κ3) is 13.9. The number of phosphoric acid groups is 1. The maximum Gasteiger partial charge on any atom is 0.472 e. The van der Waals surface area contributed by atoms with Crippen LogP contribution in [-0.4, -0.2) is 62.4 Å². The number of hydrogen-bond acceptors (Lipinski definition) is 12. The van der Waals surface area contributed by atoms with Crippen molar-refractivity contribution in [2.75, 3.05) is 18.9 Å². The standard InChI is InChI=1S/C44H64ClN6O8P/c1-4-5-6-7-8-9-10-11-12-13-14-15-16-17-18-19-20-21-36(54-28-34-24-33(27-46)25-35(45)26-34)29-55-60(52,53)56-31-44(30-47)41-40(57-43(2,3)59-41)39(58-44)37-22-23-38-42(48)49-32-50-51(37)38/h22-26,32,36,39-41H,4-21,28-29,31H2,1-3H3,(H,52,53)(H2,48,49,50)/t36-,39?,40+,41+,44-/m1/s1. The molecule has 3 N–H and O–H groups in total. The average Bonchev–Trinajstić information content (AvgIpc) is 3.89. The van der Waals surface area contributed by atoms with Crippen molar-refractivity contribution in [1.29, 1.82) is 10.5 Å². The second-order valence-corrected chi connectivity index (χ2v) is 18.5. The van der Waals surface area contributed by atoms with Crippen LogP contribution in [0.15, 0.2) is 36.7 Å². The number of hydrogen-bond donors (Lipinski definition) is 2. The van der Waals surface area contributed by atoms with E-state index in [1.54, 1.807) is 48.7 Å². The lowest BCUT2D eigenvalue weighted by molar-refractivity contribution is -0.204. The number of nitriles is 2. The van der Waals surface area contributed by atoms with Gasteiger partial charge in [-0.3, -0.25) is 9.05 Å². The Morgan fingerprint density at radius 2 is 1.55 bits per heavy atom. The van der Waals surface area contributed by atoms with Crippen molar-refractivity contribution in [3.8, 4) is 12.1 Å². The van der Waals surface area contributed by atoms with Gasteiger partial charge in [0.05, 0.1) is 36.6 Å². The van der Waals surface area contributed by atoms with E-state index in [2.05, 4.69) is 29.1 Å². The van der Waals surface area contributed by atoms with Gasteiger partial charge < -0.3 is 29.6 Å². The van der Waals surface area contributed by atoms with E-state index in [0.717, 1.165) is 19.3 Å². The van der Waals surface area contributed by atoms with Crippen LogP contribution in [0.5, 0.6) is 0 Å². The van der Waals surface area contributed by atoms with E-state index in [1.165, 1.54) is 96.2 Å². The van der Waals surface area contributed by atoms with Crippen molar-refractivity contribution in [2.24, 2.45) is 0 Å². The summed E-state index contributed by atoms with van der Waals surface area (Å²) in [7, 11) is -4.76. The van der Waals surface area contributed by atoms with E-state index >= 15 is 0 Å². The normalized spacial score (nSPS) is 22.4. The first kappa shape index (κ1) is 47.9. The second kappa shape index (κ2) is 23.3. The number of rotatable bonds is 28. The smallest absolute Gasteiger partial charge is 0.382 e. The Labute approximate surface area is 360 Å². The van der Waals surface area contributed by atoms with E-state index in [1.807, 2.05) is 0 Å². The predicted octanol–water partition coefficient (Wildman–Crippen LogP) is 10.5. The fraction of sp³-hybridized carbons (Fsp3) is 0.682. The molecule has 4 heterocycles. The molecule has 60 heavy (non-hydrogen) atoms. The number of unbranched alkanes of at least 4 members (excludes halogenated alkanes) is 16. The minimum atomic E-state index is -4.76. The van der Waals surface area contributed by atoms with Gasteiger partial charge in [-0.05, 0) is 56.2 Å². The van der Waals surface area contributed by atoms with Crippen molar-refractivity contribution in [3.05, 3.63) is 58.5 Å². The van der Waals surface area contributed by atoms with E-state index < -0.39 is 50.2 Å². The maximum absolute atomic E-state index is 13.4. The summed E-state index contributed by atoms with van der Waals surface area (Å²) in [5.74, 6) is -0.830. The fourth-order valence-corrected chi connectivity index (χ4v) is 9.15. The second-order valence-electron chi connectivity index (χ2n) is 16.6. The predicted molar refractivity (Wildman–Crippen MR) is 229 cm³/mol. The third-order valence-corrected chi connectivity index (χ3v) is 12.4. The number of benzene rings is 1. The van der Waals surface area contributed by atoms with Gasteiger partial charge in [0.1, 0.15) is 42.8 Å². The molecular weight excluding hydrogens is 807 g/mol. The van der Waals surface area contributed by atoms with Gasteiger partial charge >= 0.3 is 7.82 Å². The van der Waals surface area contributed by atoms with Crippen molar-refractivity contribution in [3.63, 3.8) is 0 Å².